The smallest absolute Gasteiger partial charge is 0.341 e. The molecule has 0 aliphatic heterocycles. The fraction of sp³-hybridized carbons (Fsp3) is 0.286. The minimum absolute atomic E-state index is 0.243. The van der Waals surface area contributed by atoms with E-state index in [0.717, 1.165) is 38.2 Å². The van der Waals surface area contributed by atoms with Crippen molar-refractivity contribution in [1.29, 1.82) is 0 Å². The predicted molar refractivity (Wildman–Crippen MR) is 142 cm³/mol. The van der Waals surface area contributed by atoms with Crippen LogP contribution in [0, 0.1) is 13.8 Å². The molecule has 0 saturated heterocycles. The molecule has 0 aliphatic carbocycles. The van der Waals surface area contributed by atoms with Gasteiger partial charge in [-0.15, -0.1) is 11.3 Å². The lowest BCUT2D eigenvalue weighted by Crippen LogP contribution is -2.19. The zero-order chi connectivity index (χ0) is 25.1. The number of esters is 1. The Hall–Kier alpha value is -3.58. The average molecular weight is 491 g/mol. The summed E-state index contributed by atoms with van der Waals surface area (Å²) in [6, 6.07) is 15.6. The second kappa shape index (κ2) is 10.4. The number of nitrogens with zero attached hydrogens (tertiary/aromatic N) is 1. The predicted octanol–water partition coefficient (Wildman–Crippen LogP) is 6.83. The van der Waals surface area contributed by atoms with Crippen molar-refractivity contribution in [1.82, 2.24) is 4.57 Å². The largest absolute Gasteiger partial charge is 0.494 e. The molecule has 1 amide bonds. The molecule has 2 heterocycles. The molecule has 35 heavy (non-hydrogen) atoms. The number of thiophene rings is 1. The lowest BCUT2D eigenvalue weighted by molar-refractivity contribution is 0.0529. The first-order valence-corrected chi connectivity index (χ1v) is 12.7. The summed E-state index contributed by atoms with van der Waals surface area (Å²) in [6.07, 6.45) is 0. The third kappa shape index (κ3) is 4.56. The standard InChI is InChI=1S/C28H30N2O4S/c1-6-30-22-12-10-9-11-21(22)17(4)25(30)26(31)29-27-24(28(32)34-8-3)23(18(5)35-27)19-13-15-20(16-14-19)33-7-2/h9-16H,6-8H2,1-5H3,(H,29,31). The molecule has 4 rings (SSSR count). The molecule has 0 aliphatic rings. The van der Waals surface area contributed by atoms with E-state index >= 15 is 0 Å². The molecule has 0 radical (unpaired) electrons. The van der Waals surface area contributed by atoms with E-state index in [1.54, 1.807) is 6.92 Å². The molecule has 0 bridgehead atoms. The fourth-order valence-corrected chi connectivity index (χ4v) is 5.58. The van der Waals surface area contributed by atoms with Crippen LogP contribution in [0.25, 0.3) is 22.0 Å². The van der Waals surface area contributed by atoms with Gasteiger partial charge in [0.15, 0.2) is 0 Å². The minimum Gasteiger partial charge on any atom is -0.494 e. The Kier molecular flexibility index (Phi) is 7.26. The quantitative estimate of drug-likeness (QED) is 0.275. The average Bonchev–Trinajstić information content (AvgIpc) is 3.33. The van der Waals surface area contributed by atoms with Crippen LogP contribution in [0.1, 0.15) is 52.1 Å². The van der Waals surface area contributed by atoms with Gasteiger partial charge < -0.3 is 19.4 Å². The van der Waals surface area contributed by atoms with E-state index in [1.165, 1.54) is 11.3 Å². The SMILES string of the molecule is CCOC(=O)c1c(NC(=O)c2c(C)c3ccccc3n2CC)sc(C)c1-c1ccc(OCC)cc1. The third-order valence-corrected chi connectivity index (χ3v) is 7.02. The number of anilines is 1. The van der Waals surface area contributed by atoms with Crippen LogP contribution in [-0.4, -0.2) is 29.7 Å². The first-order chi connectivity index (χ1) is 16.9. The van der Waals surface area contributed by atoms with Crippen LogP contribution >= 0.6 is 11.3 Å². The van der Waals surface area contributed by atoms with Crippen LogP contribution in [-0.2, 0) is 11.3 Å². The van der Waals surface area contributed by atoms with Gasteiger partial charge in [-0.05, 0) is 63.9 Å². The summed E-state index contributed by atoms with van der Waals surface area (Å²) in [5, 5.41) is 4.57. The summed E-state index contributed by atoms with van der Waals surface area (Å²) in [6.45, 7) is 11.1. The van der Waals surface area contributed by atoms with Crippen molar-refractivity contribution in [2.75, 3.05) is 18.5 Å². The van der Waals surface area contributed by atoms with Gasteiger partial charge in [-0.25, -0.2) is 4.79 Å². The summed E-state index contributed by atoms with van der Waals surface area (Å²) in [5.74, 6) is 0.0626. The number of para-hydroxylation sites is 1. The maximum Gasteiger partial charge on any atom is 0.341 e. The van der Waals surface area contributed by atoms with Gasteiger partial charge in [-0.1, -0.05) is 30.3 Å². The number of carbonyl (C=O) groups is 2. The second-order valence-electron chi connectivity index (χ2n) is 8.10. The molecule has 1 N–H and O–H groups in total. The normalized spacial score (nSPS) is 11.0. The van der Waals surface area contributed by atoms with E-state index in [9.17, 15) is 9.59 Å². The number of aryl methyl sites for hydroxylation is 3. The first kappa shape index (κ1) is 24.5. The lowest BCUT2D eigenvalue weighted by Gasteiger charge is -2.12. The number of hydrogen-bond acceptors (Lipinski definition) is 5. The molecule has 0 unspecified atom stereocenters. The number of rotatable bonds is 8. The Morgan fingerprint density at radius 3 is 2.34 bits per heavy atom. The Balaban J connectivity index is 1.79. The maximum absolute atomic E-state index is 13.6. The van der Waals surface area contributed by atoms with Crippen LogP contribution in [0.15, 0.2) is 48.5 Å². The number of amides is 1. The summed E-state index contributed by atoms with van der Waals surface area (Å²) in [7, 11) is 0. The van der Waals surface area contributed by atoms with Crippen LogP contribution in [0.4, 0.5) is 5.00 Å². The molecule has 0 saturated carbocycles. The monoisotopic (exact) mass is 490 g/mol. The highest BCUT2D eigenvalue weighted by Crippen LogP contribution is 2.41. The van der Waals surface area contributed by atoms with Gasteiger partial charge in [0.1, 0.15) is 22.0 Å². The number of ether oxygens (including phenoxy) is 2. The van der Waals surface area contributed by atoms with Crippen LogP contribution in [0.3, 0.4) is 0 Å². The van der Waals surface area contributed by atoms with Gasteiger partial charge in [0.2, 0.25) is 0 Å². The summed E-state index contributed by atoms with van der Waals surface area (Å²) < 4.78 is 13.0. The Morgan fingerprint density at radius 2 is 1.69 bits per heavy atom. The molecular weight excluding hydrogens is 460 g/mol. The van der Waals surface area contributed by atoms with Crippen LogP contribution < -0.4 is 10.1 Å². The number of fused-ring (bicyclic) bond motifs is 1. The Bertz CT molecular complexity index is 1380. The molecule has 182 valence electrons. The van der Waals surface area contributed by atoms with Crippen molar-refractivity contribution in [2.24, 2.45) is 0 Å². The van der Waals surface area contributed by atoms with Crippen LogP contribution in [0.5, 0.6) is 5.75 Å². The molecule has 2 aromatic carbocycles. The van der Waals surface area contributed by atoms with E-state index in [-0.39, 0.29) is 12.5 Å². The van der Waals surface area contributed by atoms with Crippen molar-refractivity contribution < 1.29 is 19.1 Å². The zero-order valence-electron chi connectivity index (χ0n) is 20.7. The zero-order valence-corrected chi connectivity index (χ0v) is 21.5. The molecule has 4 aromatic rings. The third-order valence-electron chi connectivity index (χ3n) is 6.00. The molecule has 0 atom stereocenters. The molecule has 6 nitrogen and oxygen atoms in total. The molecule has 0 spiro atoms. The summed E-state index contributed by atoms with van der Waals surface area (Å²) in [4.78, 5) is 27.6. The first-order valence-electron chi connectivity index (χ1n) is 11.8. The highest BCUT2D eigenvalue weighted by atomic mass is 32.1. The molecule has 0 fully saturated rings. The van der Waals surface area contributed by atoms with Crippen molar-refractivity contribution in [2.45, 2.75) is 41.2 Å². The number of carbonyl (C=O) groups excluding carboxylic acids is 2. The fourth-order valence-electron chi connectivity index (χ4n) is 4.52. The number of aromatic nitrogens is 1. The number of hydrogen-bond donors (Lipinski definition) is 1. The van der Waals surface area contributed by atoms with Gasteiger partial charge in [0.25, 0.3) is 5.91 Å². The van der Waals surface area contributed by atoms with Gasteiger partial charge >= 0.3 is 5.97 Å². The van der Waals surface area contributed by atoms with E-state index < -0.39 is 5.97 Å². The van der Waals surface area contributed by atoms with E-state index in [4.69, 9.17) is 9.47 Å². The van der Waals surface area contributed by atoms with Gasteiger partial charge in [-0.2, -0.15) is 0 Å². The minimum atomic E-state index is -0.455. The Morgan fingerprint density at radius 1 is 0.971 bits per heavy atom. The van der Waals surface area contributed by atoms with E-state index in [2.05, 4.69) is 5.32 Å². The van der Waals surface area contributed by atoms with Crippen molar-refractivity contribution in [3.8, 4) is 16.9 Å². The van der Waals surface area contributed by atoms with Gasteiger partial charge in [-0.3, -0.25) is 4.79 Å². The highest BCUT2D eigenvalue weighted by molar-refractivity contribution is 7.17. The maximum atomic E-state index is 13.6. The molecule has 2 aromatic heterocycles. The van der Waals surface area contributed by atoms with Crippen molar-refractivity contribution in [3.63, 3.8) is 0 Å². The van der Waals surface area contributed by atoms with E-state index in [1.807, 2.05) is 80.8 Å². The second-order valence-corrected chi connectivity index (χ2v) is 9.33. The van der Waals surface area contributed by atoms with Crippen molar-refractivity contribution >= 4 is 39.1 Å². The summed E-state index contributed by atoms with van der Waals surface area (Å²) in [5.41, 5.74) is 4.53. The van der Waals surface area contributed by atoms with E-state index in [0.29, 0.717) is 29.4 Å². The van der Waals surface area contributed by atoms with Gasteiger partial charge in [0.05, 0.1) is 13.2 Å². The topological polar surface area (TPSA) is 69.6 Å². The molecule has 7 heteroatoms. The molecular formula is C28H30N2O4S. The highest BCUT2D eigenvalue weighted by Gasteiger charge is 2.27. The summed E-state index contributed by atoms with van der Waals surface area (Å²) >= 11 is 1.38. The number of benzene rings is 2. The number of nitrogens with one attached hydrogen (secondary N) is 1. The lowest BCUT2D eigenvalue weighted by atomic mass is 10.0. The van der Waals surface area contributed by atoms with Crippen molar-refractivity contribution in [3.05, 3.63) is 70.2 Å². The Labute approximate surface area is 209 Å². The van der Waals surface area contributed by atoms with Crippen LogP contribution in [0.2, 0.25) is 0 Å². The van der Waals surface area contributed by atoms with Gasteiger partial charge in [0, 0.05) is 27.9 Å².